The van der Waals surface area contributed by atoms with E-state index in [1.54, 1.807) is 54.6 Å². The van der Waals surface area contributed by atoms with Gasteiger partial charge in [0.25, 0.3) is 5.56 Å². The number of para-hydroxylation sites is 1. The summed E-state index contributed by atoms with van der Waals surface area (Å²) in [5.41, 5.74) is 1.20. The number of carbonyl (C=O) groups excluding carboxylic acids is 1. The summed E-state index contributed by atoms with van der Waals surface area (Å²) in [5, 5.41) is 16.6. The van der Waals surface area contributed by atoms with Crippen molar-refractivity contribution in [2.75, 3.05) is 5.32 Å². The van der Waals surface area contributed by atoms with Crippen LogP contribution < -0.4 is 22.0 Å². The maximum absolute atomic E-state index is 12.1. The van der Waals surface area contributed by atoms with E-state index in [4.69, 9.17) is 0 Å². The Labute approximate surface area is 171 Å². The molecular formula is C18H14IN5O4. The Morgan fingerprint density at radius 1 is 1.11 bits per heavy atom. The smallest absolute Gasteiger partial charge is 0.339 e. The van der Waals surface area contributed by atoms with Crippen molar-refractivity contribution in [3.8, 4) is 11.6 Å². The van der Waals surface area contributed by atoms with Crippen LogP contribution in [0, 0.1) is 3.57 Å². The summed E-state index contributed by atoms with van der Waals surface area (Å²) in [7, 11) is 0. The number of hydrogen-bond acceptors (Lipinski definition) is 5. The SMILES string of the molecule is O=C(NN=Cc1c(O)n(-c2ccc(I)cc2)c(=O)[nH]c1=O)Nc1ccccc1. The predicted molar refractivity (Wildman–Crippen MR) is 113 cm³/mol. The van der Waals surface area contributed by atoms with Crippen molar-refractivity contribution in [3.05, 3.63) is 84.6 Å². The number of hydrazone groups is 1. The molecule has 10 heteroatoms. The first-order valence-electron chi connectivity index (χ1n) is 7.95. The largest absolute Gasteiger partial charge is 0.493 e. The van der Waals surface area contributed by atoms with Gasteiger partial charge in [0.2, 0.25) is 5.88 Å². The fourth-order valence-corrected chi connectivity index (χ4v) is 2.68. The average molecular weight is 491 g/mol. The number of benzene rings is 2. The van der Waals surface area contributed by atoms with Gasteiger partial charge in [0, 0.05) is 9.26 Å². The van der Waals surface area contributed by atoms with E-state index in [1.165, 1.54) is 0 Å². The van der Waals surface area contributed by atoms with E-state index in [0.29, 0.717) is 11.4 Å². The van der Waals surface area contributed by atoms with E-state index < -0.39 is 23.2 Å². The standard InChI is InChI=1S/C18H14IN5O4/c19-11-6-8-13(9-7-11)24-16(26)14(15(25)22-18(24)28)10-20-23-17(27)21-12-4-2-1-3-5-12/h1-10,26H,(H2,21,23,27)(H,22,25,28). The summed E-state index contributed by atoms with van der Waals surface area (Å²) >= 11 is 2.10. The van der Waals surface area contributed by atoms with Crippen LogP contribution in [0.15, 0.2) is 69.3 Å². The van der Waals surface area contributed by atoms with Gasteiger partial charge in [-0.25, -0.2) is 19.6 Å². The molecule has 0 aliphatic carbocycles. The lowest BCUT2D eigenvalue weighted by molar-refractivity contribution is 0.252. The zero-order valence-corrected chi connectivity index (χ0v) is 16.4. The van der Waals surface area contributed by atoms with E-state index in [2.05, 4.69) is 43.4 Å². The highest BCUT2D eigenvalue weighted by Gasteiger charge is 2.14. The second kappa shape index (κ2) is 8.52. The zero-order valence-electron chi connectivity index (χ0n) is 14.2. The van der Waals surface area contributed by atoms with Crippen LogP contribution in [0.25, 0.3) is 5.69 Å². The Morgan fingerprint density at radius 3 is 2.46 bits per heavy atom. The number of carbonyl (C=O) groups is 1. The molecule has 4 N–H and O–H groups in total. The molecular weight excluding hydrogens is 477 g/mol. The Kier molecular flexibility index (Phi) is 5.89. The number of aromatic amines is 1. The molecule has 3 rings (SSSR count). The lowest BCUT2D eigenvalue weighted by Gasteiger charge is -2.09. The lowest BCUT2D eigenvalue weighted by atomic mass is 10.3. The monoisotopic (exact) mass is 491 g/mol. The highest BCUT2D eigenvalue weighted by molar-refractivity contribution is 14.1. The van der Waals surface area contributed by atoms with Crippen molar-refractivity contribution in [3.63, 3.8) is 0 Å². The second-order valence-corrected chi connectivity index (χ2v) is 6.74. The van der Waals surface area contributed by atoms with Crippen LogP contribution in [-0.2, 0) is 0 Å². The Bertz CT molecular complexity index is 1140. The van der Waals surface area contributed by atoms with Crippen molar-refractivity contribution in [1.29, 1.82) is 0 Å². The maximum Gasteiger partial charge on any atom is 0.339 e. The molecule has 0 spiro atoms. The van der Waals surface area contributed by atoms with E-state index in [9.17, 15) is 19.5 Å². The maximum atomic E-state index is 12.1. The van der Waals surface area contributed by atoms with Crippen molar-refractivity contribution in [2.45, 2.75) is 0 Å². The Hall–Kier alpha value is -3.41. The number of nitrogens with zero attached hydrogens (tertiary/aromatic N) is 2. The van der Waals surface area contributed by atoms with Crippen LogP contribution in [0.2, 0.25) is 0 Å². The van der Waals surface area contributed by atoms with Gasteiger partial charge in [-0.05, 0) is 59.0 Å². The number of halogens is 1. The molecule has 2 amide bonds. The molecule has 0 saturated carbocycles. The third-order valence-electron chi connectivity index (χ3n) is 3.60. The topological polar surface area (TPSA) is 129 Å². The van der Waals surface area contributed by atoms with Crippen LogP contribution in [0.4, 0.5) is 10.5 Å². The predicted octanol–water partition coefficient (Wildman–Crippen LogP) is 1.99. The molecule has 0 radical (unpaired) electrons. The minimum atomic E-state index is -0.835. The fourth-order valence-electron chi connectivity index (χ4n) is 2.32. The minimum Gasteiger partial charge on any atom is -0.493 e. The molecule has 142 valence electrons. The van der Waals surface area contributed by atoms with E-state index in [0.717, 1.165) is 14.4 Å². The summed E-state index contributed by atoms with van der Waals surface area (Å²) in [6, 6.07) is 14.8. The van der Waals surface area contributed by atoms with Gasteiger partial charge in [-0.3, -0.25) is 9.78 Å². The summed E-state index contributed by atoms with van der Waals surface area (Å²) < 4.78 is 1.87. The van der Waals surface area contributed by atoms with Gasteiger partial charge in [-0.1, -0.05) is 18.2 Å². The molecule has 1 aromatic heterocycles. The molecule has 28 heavy (non-hydrogen) atoms. The lowest BCUT2D eigenvalue weighted by Crippen LogP contribution is -2.32. The molecule has 0 atom stereocenters. The van der Waals surface area contributed by atoms with Crippen LogP contribution in [-0.4, -0.2) is 26.9 Å². The minimum absolute atomic E-state index is 0.279. The number of nitrogens with one attached hydrogen (secondary N) is 3. The van der Waals surface area contributed by atoms with Gasteiger partial charge in [-0.15, -0.1) is 0 Å². The Balaban J connectivity index is 1.84. The highest BCUT2D eigenvalue weighted by atomic mass is 127. The van der Waals surface area contributed by atoms with Crippen molar-refractivity contribution < 1.29 is 9.90 Å². The van der Waals surface area contributed by atoms with Gasteiger partial charge < -0.3 is 10.4 Å². The van der Waals surface area contributed by atoms with Gasteiger partial charge in [0.05, 0.1) is 11.9 Å². The van der Waals surface area contributed by atoms with Gasteiger partial charge in [0.1, 0.15) is 5.56 Å². The third kappa shape index (κ3) is 4.46. The van der Waals surface area contributed by atoms with Crippen LogP contribution in [0.1, 0.15) is 5.56 Å². The molecule has 1 heterocycles. The average Bonchev–Trinajstić information content (AvgIpc) is 2.66. The number of urea groups is 1. The van der Waals surface area contributed by atoms with E-state index >= 15 is 0 Å². The highest BCUT2D eigenvalue weighted by Crippen LogP contribution is 2.16. The number of rotatable bonds is 4. The van der Waals surface area contributed by atoms with Gasteiger partial charge in [0.15, 0.2) is 0 Å². The molecule has 0 aliphatic heterocycles. The van der Waals surface area contributed by atoms with Crippen LogP contribution in [0.3, 0.4) is 0 Å². The normalized spacial score (nSPS) is 10.8. The summed E-state index contributed by atoms with van der Waals surface area (Å²) in [5.74, 6) is -0.594. The summed E-state index contributed by atoms with van der Waals surface area (Å²) in [4.78, 5) is 38.0. The molecule has 9 nitrogen and oxygen atoms in total. The van der Waals surface area contributed by atoms with Crippen LogP contribution >= 0.6 is 22.6 Å². The van der Waals surface area contributed by atoms with Gasteiger partial charge in [-0.2, -0.15) is 5.10 Å². The van der Waals surface area contributed by atoms with Crippen LogP contribution in [0.5, 0.6) is 5.88 Å². The number of anilines is 1. The van der Waals surface area contributed by atoms with E-state index in [1.807, 2.05) is 0 Å². The Morgan fingerprint density at radius 2 is 1.79 bits per heavy atom. The van der Waals surface area contributed by atoms with Gasteiger partial charge >= 0.3 is 11.7 Å². The number of aromatic nitrogens is 2. The fraction of sp³-hybridized carbons (Fsp3) is 0. The number of aromatic hydroxyl groups is 1. The van der Waals surface area contributed by atoms with E-state index in [-0.39, 0.29) is 5.56 Å². The molecule has 0 unspecified atom stereocenters. The number of H-pyrrole nitrogens is 1. The summed E-state index contributed by atoms with van der Waals surface area (Å²) in [6.45, 7) is 0. The van der Waals surface area contributed by atoms with Crippen molar-refractivity contribution in [1.82, 2.24) is 15.0 Å². The summed E-state index contributed by atoms with van der Waals surface area (Å²) in [6.07, 6.45) is 0.960. The first kappa shape index (κ1) is 19.4. The molecule has 0 aliphatic rings. The first-order valence-corrected chi connectivity index (χ1v) is 9.03. The molecule has 0 fully saturated rings. The molecule has 2 aromatic carbocycles. The second-order valence-electron chi connectivity index (χ2n) is 5.50. The number of hydrogen-bond donors (Lipinski definition) is 4. The molecule has 0 bridgehead atoms. The molecule has 0 saturated heterocycles. The number of amides is 2. The first-order chi connectivity index (χ1) is 13.5. The molecule has 3 aromatic rings. The van der Waals surface area contributed by atoms with Crippen molar-refractivity contribution in [2.24, 2.45) is 5.10 Å². The zero-order chi connectivity index (χ0) is 20.1. The van der Waals surface area contributed by atoms with Crippen molar-refractivity contribution >= 4 is 40.5 Å². The quantitative estimate of drug-likeness (QED) is 0.253. The third-order valence-corrected chi connectivity index (χ3v) is 4.32.